The summed E-state index contributed by atoms with van der Waals surface area (Å²) in [5.74, 6) is -1.20. The maximum Gasteiger partial charge on any atom is 0.240 e. The summed E-state index contributed by atoms with van der Waals surface area (Å²) in [7, 11) is 0. The van der Waals surface area contributed by atoms with E-state index in [9.17, 15) is 14.0 Å². The van der Waals surface area contributed by atoms with Crippen LogP contribution in [-0.4, -0.2) is 24.9 Å². The molecule has 0 heterocycles. The molecule has 2 aromatic carbocycles. The molecule has 126 valence electrons. The van der Waals surface area contributed by atoms with Crippen LogP contribution in [-0.2, 0) is 16.0 Å². The van der Waals surface area contributed by atoms with Crippen LogP contribution >= 0.6 is 0 Å². The van der Waals surface area contributed by atoms with E-state index >= 15 is 0 Å². The van der Waals surface area contributed by atoms with Crippen molar-refractivity contribution in [3.63, 3.8) is 0 Å². The first-order chi connectivity index (χ1) is 11.6. The highest BCUT2D eigenvalue weighted by molar-refractivity contribution is 5.97. The van der Waals surface area contributed by atoms with E-state index in [1.54, 1.807) is 12.1 Å². The first-order valence-electron chi connectivity index (χ1n) is 7.91. The lowest BCUT2D eigenvalue weighted by atomic mass is 10.1. The summed E-state index contributed by atoms with van der Waals surface area (Å²) < 4.78 is 13.8. The van der Waals surface area contributed by atoms with Gasteiger partial charge in [-0.25, -0.2) is 4.39 Å². The second-order valence-electron chi connectivity index (χ2n) is 5.50. The van der Waals surface area contributed by atoms with E-state index in [-0.39, 0.29) is 24.0 Å². The fourth-order valence-corrected chi connectivity index (χ4v) is 2.40. The monoisotopic (exact) mass is 328 g/mol. The molecule has 2 rings (SSSR count). The molecule has 4 nitrogen and oxygen atoms in total. The number of aryl methyl sites for hydroxylation is 1. The summed E-state index contributed by atoms with van der Waals surface area (Å²) in [5.41, 5.74) is 1.33. The van der Waals surface area contributed by atoms with Gasteiger partial charge in [-0.15, -0.1) is 0 Å². The van der Waals surface area contributed by atoms with Crippen LogP contribution in [0.1, 0.15) is 18.9 Å². The zero-order valence-electron chi connectivity index (χ0n) is 13.7. The highest BCUT2D eigenvalue weighted by Gasteiger charge is 2.18. The predicted octanol–water partition coefficient (Wildman–Crippen LogP) is 2.93. The Hall–Kier alpha value is -2.69. The minimum atomic E-state index is -0.524. The van der Waals surface area contributed by atoms with Gasteiger partial charge >= 0.3 is 0 Å². The molecule has 0 aliphatic carbocycles. The molecule has 0 bridgehead atoms. The SMILES string of the molecule is CC(=O)N(CC(=O)NCCCc1ccccc1)c1ccccc1F. The normalized spacial score (nSPS) is 10.2. The van der Waals surface area contributed by atoms with Gasteiger partial charge < -0.3 is 10.2 Å². The van der Waals surface area contributed by atoms with Crippen molar-refractivity contribution in [2.75, 3.05) is 18.0 Å². The largest absolute Gasteiger partial charge is 0.355 e. The number of nitrogens with one attached hydrogen (secondary N) is 1. The van der Waals surface area contributed by atoms with Crippen molar-refractivity contribution in [2.45, 2.75) is 19.8 Å². The number of hydrogen-bond acceptors (Lipinski definition) is 2. The quantitative estimate of drug-likeness (QED) is 0.795. The molecule has 2 aromatic rings. The van der Waals surface area contributed by atoms with Crippen LogP contribution in [0.25, 0.3) is 0 Å². The molecular formula is C19H21FN2O2. The Morgan fingerprint density at radius 1 is 1.04 bits per heavy atom. The average molecular weight is 328 g/mol. The summed E-state index contributed by atoms with van der Waals surface area (Å²) in [6, 6.07) is 15.9. The summed E-state index contributed by atoms with van der Waals surface area (Å²) in [5, 5.41) is 2.77. The van der Waals surface area contributed by atoms with Gasteiger partial charge in [-0.2, -0.15) is 0 Å². The summed E-state index contributed by atoms with van der Waals surface area (Å²) in [4.78, 5) is 24.9. The second kappa shape index (κ2) is 8.82. The van der Waals surface area contributed by atoms with E-state index in [0.717, 1.165) is 17.7 Å². The van der Waals surface area contributed by atoms with Gasteiger partial charge in [0.2, 0.25) is 11.8 Å². The van der Waals surface area contributed by atoms with Gasteiger partial charge in [0.15, 0.2) is 0 Å². The van der Waals surface area contributed by atoms with Gasteiger partial charge in [0.1, 0.15) is 12.4 Å². The number of amides is 2. The van der Waals surface area contributed by atoms with Gasteiger partial charge in [0.25, 0.3) is 0 Å². The molecule has 0 saturated carbocycles. The fraction of sp³-hybridized carbons (Fsp3) is 0.263. The topological polar surface area (TPSA) is 49.4 Å². The van der Waals surface area contributed by atoms with Crippen molar-refractivity contribution in [1.29, 1.82) is 0 Å². The zero-order chi connectivity index (χ0) is 17.4. The minimum Gasteiger partial charge on any atom is -0.355 e. The smallest absolute Gasteiger partial charge is 0.240 e. The van der Waals surface area contributed by atoms with Gasteiger partial charge in [-0.1, -0.05) is 42.5 Å². The molecule has 0 radical (unpaired) electrons. The molecule has 5 heteroatoms. The lowest BCUT2D eigenvalue weighted by molar-refractivity contribution is -0.123. The molecule has 0 aliphatic heterocycles. The van der Waals surface area contributed by atoms with Crippen LogP contribution in [0.15, 0.2) is 54.6 Å². The number of rotatable bonds is 7. The molecule has 0 unspecified atom stereocenters. The van der Waals surface area contributed by atoms with Crippen LogP contribution in [0.5, 0.6) is 0 Å². The van der Waals surface area contributed by atoms with Crippen molar-refractivity contribution in [3.8, 4) is 0 Å². The van der Waals surface area contributed by atoms with Gasteiger partial charge in [0, 0.05) is 13.5 Å². The van der Waals surface area contributed by atoms with Gasteiger partial charge in [-0.05, 0) is 30.5 Å². The fourth-order valence-electron chi connectivity index (χ4n) is 2.40. The molecule has 0 fully saturated rings. The summed E-state index contributed by atoms with van der Waals surface area (Å²) in [6.45, 7) is 1.63. The summed E-state index contributed by atoms with van der Waals surface area (Å²) >= 11 is 0. The van der Waals surface area contributed by atoms with Crippen molar-refractivity contribution < 1.29 is 14.0 Å². The standard InChI is InChI=1S/C19H21FN2O2/c1-15(23)22(18-12-6-5-11-17(18)20)14-19(24)21-13-7-10-16-8-3-2-4-9-16/h2-6,8-9,11-12H,7,10,13-14H2,1H3,(H,21,24). The van der Waals surface area contributed by atoms with Crippen LogP contribution in [0.2, 0.25) is 0 Å². The third-order valence-corrected chi connectivity index (χ3v) is 3.63. The highest BCUT2D eigenvalue weighted by Crippen LogP contribution is 2.18. The van der Waals surface area contributed by atoms with E-state index in [2.05, 4.69) is 5.32 Å². The molecule has 0 aliphatic rings. The van der Waals surface area contributed by atoms with Crippen LogP contribution < -0.4 is 10.2 Å². The van der Waals surface area contributed by atoms with Gasteiger partial charge in [-0.3, -0.25) is 9.59 Å². The van der Waals surface area contributed by atoms with E-state index in [1.807, 2.05) is 30.3 Å². The van der Waals surface area contributed by atoms with Crippen LogP contribution in [0, 0.1) is 5.82 Å². The Bertz CT molecular complexity index is 689. The molecule has 0 spiro atoms. The van der Waals surface area contributed by atoms with Crippen molar-refractivity contribution in [3.05, 3.63) is 66.0 Å². The van der Waals surface area contributed by atoms with E-state index in [4.69, 9.17) is 0 Å². The number of hydrogen-bond donors (Lipinski definition) is 1. The van der Waals surface area contributed by atoms with Crippen LogP contribution in [0.3, 0.4) is 0 Å². The number of carbonyl (C=O) groups is 2. The third kappa shape index (κ3) is 5.19. The van der Waals surface area contributed by atoms with E-state index in [1.165, 1.54) is 24.6 Å². The van der Waals surface area contributed by atoms with E-state index in [0.29, 0.717) is 6.54 Å². The average Bonchev–Trinajstić information content (AvgIpc) is 2.58. The first kappa shape index (κ1) is 17.7. The van der Waals surface area contributed by atoms with E-state index < -0.39 is 5.82 Å². The lowest BCUT2D eigenvalue weighted by Gasteiger charge is -2.21. The van der Waals surface area contributed by atoms with Crippen molar-refractivity contribution in [1.82, 2.24) is 5.32 Å². The molecule has 0 aromatic heterocycles. The molecule has 0 saturated heterocycles. The Morgan fingerprint density at radius 3 is 2.38 bits per heavy atom. The Balaban J connectivity index is 1.83. The van der Waals surface area contributed by atoms with Crippen LogP contribution in [0.4, 0.5) is 10.1 Å². The maximum absolute atomic E-state index is 13.8. The number of anilines is 1. The van der Waals surface area contributed by atoms with Crippen molar-refractivity contribution >= 4 is 17.5 Å². The number of para-hydroxylation sites is 1. The van der Waals surface area contributed by atoms with Crippen molar-refractivity contribution in [2.24, 2.45) is 0 Å². The lowest BCUT2D eigenvalue weighted by Crippen LogP contribution is -2.40. The second-order valence-corrected chi connectivity index (χ2v) is 5.50. The molecular weight excluding hydrogens is 307 g/mol. The third-order valence-electron chi connectivity index (χ3n) is 3.63. The maximum atomic E-state index is 13.8. The highest BCUT2D eigenvalue weighted by atomic mass is 19.1. The number of halogens is 1. The Morgan fingerprint density at radius 2 is 1.71 bits per heavy atom. The number of nitrogens with zero attached hydrogens (tertiary/aromatic N) is 1. The molecule has 1 N–H and O–H groups in total. The Kier molecular flexibility index (Phi) is 6.49. The summed E-state index contributed by atoms with van der Waals surface area (Å²) in [6.07, 6.45) is 1.67. The molecule has 2 amide bonds. The predicted molar refractivity (Wildman–Crippen MR) is 92.2 cm³/mol. The van der Waals surface area contributed by atoms with Gasteiger partial charge in [0.05, 0.1) is 5.69 Å². The molecule has 24 heavy (non-hydrogen) atoms. The first-order valence-corrected chi connectivity index (χ1v) is 7.91. The molecule has 0 atom stereocenters. The minimum absolute atomic E-state index is 0.115. The number of carbonyl (C=O) groups excluding carboxylic acids is 2. The Labute approximate surface area is 141 Å². The number of benzene rings is 2. The zero-order valence-corrected chi connectivity index (χ0v) is 13.7.